The molecule has 4 aromatic carbocycles. The fourth-order valence-electron chi connectivity index (χ4n) is 8.98. The zero-order chi connectivity index (χ0) is 37.4. The van der Waals surface area contributed by atoms with E-state index < -0.39 is 13.3 Å². The molecule has 2 unspecified atom stereocenters. The quantitative estimate of drug-likeness (QED) is 0.158. The third-order valence-corrected chi connectivity index (χ3v) is 20.6. The summed E-state index contributed by atoms with van der Waals surface area (Å²) < 4.78 is 13.5. The van der Waals surface area contributed by atoms with E-state index in [1.54, 1.807) is 0 Å². The molecule has 268 valence electrons. The standard InChI is InChI=1S/C50H52GeO2/c1-31-17-27-45(52-31)43-29-41-37(33-19-23-35(24-20-33)49(3,4)5)13-11-15-39(41)47(43)51(9,10)48-40-16-12-14-38(34-21-25-36(26-22-34)50(6,7)8)42(40)30-44(48)46-28-18-32(2)53-46/h11-30,47-48H,1-10H3. The van der Waals surface area contributed by atoms with Crippen molar-refractivity contribution in [3.8, 4) is 22.3 Å². The summed E-state index contributed by atoms with van der Waals surface area (Å²) in [5.41, 5.74) is 16.1. The molecule has 2 aromatic heterocycles. The van der Waals surface area contributed by atoms with E-state index in [1.807, 2.05) is 0 Å². The van der Waals surface area contributed by atoms with Gasteiger partial charge in [0.15, 0.2) is 0 Å². The van der Waals surface area contributed by atoms with Gasteiger partial charge in [-0.25, -0.2) is 0 Å². The van der Waals surface area contributed by atoms with Crippen LogP contribution in [0.1, 0.15) is 107 Å². The molecular weight excluding hydrogens is 705 g/mol. The number of rotatable bonds is 6. The van der Waals surface area contributed by atoms with Crippen LogP contribution in [0.2, 0.25) is 11.5 Å². The molecule has 53 heavy (non-hydrogen) atoms. The van der Waals surface area contributed by atoms with Crippen molar-refractivity contribution >= 4 is 36.6 Å². The van der Waals surface area contributed by atoms with Crippen LogP contribution in [-0.4, -0.2) is 13.3 Å². The summed E-state index contributed by atoms with van der Waals surface area (Å²) in [5, 5.41) is 0. The monoisotopic (exact) mass is 758 g/mol. The van der Waals surface area contributed by atoms with Gasteiger partial charge in [-0.3, -0.25) is 0 Å². The van der Waals surface area contributed by atoms with Crippen LogP contribution in [0, 0.1) is 13.8 Å². The Kier molecular flexibility index (Phi) is 8.57. The van der Waals surface area contributed by atoms with Gasteiger partial charge < -0.3 is 0 Å². The van der Waals surface area contributed by atoms with Gasteiger partial charge in [0.05, 0.1) is 0 Å². The number of hydrogen-bond acceptors (Lipinski definition) is 2. The summed E-state index contributed by atoms with van der Waals surface area (Å²) in [4.78, 5) is 0. The summed E-state index contributed by atoms with van der Waals surface area (Å²) in [6.07, 6.45) is 4.92. The van der Waals surface area contributed by atoms with E-state index in [0.717, 1.165) is 23.0 Å². The summed E-state index contributed by atoms with van der Waals surface area (Å²) in [6, 6.07) is 41.0. The number of benzene rings is 4. The first kappa shape index (κ1) is 35.5. The number of fused-ring (bicyclic) bond motifs is 2. The Morgan fingerprint density at radius 2 is 0.849 bits per heavy atom. The fraction of sp³-hybridized carbons (Fsp3) is 0.280. The number of allylic oxidation sites excluding steroid dienone is 2. The van der Waals surface area contributed by atoms with Crippen LogP contribution in [0.25, 0.3) is 45.6 Å². The van der Waals surface area contributed by atoms with Gasteiger partial charge in [0.1, 0.15) is 0 Å². The van der Waals surface area contributed by atoms with Crippen LogP contribution < -0.4 is 0 Å². The molecule has 0 radical (unpaired) electrons. The molecule has 2 aliphatic rings. The topological polar surface area (TPSA) is 26.3 Å². The minimum absolute atomic E-state index is 0.106. The Labute approximate surface area is 319 Å². The molecule has 0 fully saturated rings. The van der Waals surface area contributed by atoms with Crippen molar-refractivity contribution in [2.45, 2.75) is 87.2 Å². The maximum atomic E-state index is 6.51. The first-order valence-corrected chi connectivity index (χ1v) is 25.8. The molecule has 2 heterocycles. The van der Waals surface area contributed by atoms with Crippen LogP contribution >= 0.6 is 0 Å². The predicted molar refractivity (Wildman–Crippen MR) is 227 cm³/mol. The summed E-state index contributed by atoms with van der Waals surface area (Å²) >= 11 is -3.12. The van der Waals surface area contributed by atoms with Crippen molar-refractivity contribution in [3.63, 3.8) is 0 Å². The molecule has 2 atom stereocenters. The van der Waals surface area contributed by atoms with Crippen LogP contribution in [0.15, 0.2) is 118 Å². The number of furan rings is 2. The second kappa shape index (κ2) is 12.8. The van der Waals surface area contributed by atoms with Crippen molar-refractivity contribution < 1.29 is 8.83 Å². The van der Waals surface area contributed by atoms with Gasteiger partial charge in [-0.05, 0) is 0 Å². The Bertz CT molecular complexity index is 2230. The van der Waals surface area contributed by atoms with E-state index in [2.05, 4.69) is 188 Å². The third kappa shape index (κ3) is 6.23. The molecule has 2 aliphatic carbocycles. The molecule has 3 heteroatoms. The van der Waals surface area contributed by atoms with Gasteiger partial charge >= 0.3 is 321 Å². The molecule has 0 amide bonds. The van der Waals surface area contributed by atoms with Crippen LogP contribution in [0.3, 0.4) is 0 Å². The molecule has 0 bridgehead atoms. The molecule has 0 saturated heterocycles. The summed E-state index contributed by atoms with van der Waals surface area (Å²) in [5.74, 6) is 9.14. The molecule has 2 nitrogen and oxygen atoms in total. The van der Waals surface area contributed by atoms with E-state index in [9.17, 15) is 0 Å². The van der Waals surface area contributed by atoms with Crippen molar-refractivity contribution in [1.29, 1.82) is 0 Å². The molecule has 0 N–H and O–H groups in total. The van der Waals surface area contributed by atoms with Crippen molar-refractivity contribution in [2.24, 2.45) is 0 Å². The summed E-state index contributed by atoms with van der Waals surface area (Å²) in [6.45, 7) is 17.8. The second-order valence-electron chi connectivity index (χ2n) is 18.0. The normalized spacial score (nSPS) is 17.1. The second-order valence-corrected chi connectivity index (χ2v) is 28.0. The average Bonchev–Trinajstić information content (AvgIpc) is 3.91. The van der Waals surface area contributed by atoms with Gasteiger partial charge in [-0.2, -0.15) is 0 Å². The molecule has 0 aliphatic heterocycles. The molecular formula is C50H52GeO2. The molecule has 6 aromatic rings. The van der Waals surface area contributed by atoms with E-state index in [1.165, 1.54) is 66.8 Å². The van der Waals surface area contributed by atoms with Crippen molar-refractivity contribution in [1.82, 2.24) is 0 Å². The van der Waals surface area contributed by atoms with E-state index >= 15 is 0 Å². The number of aryl methyl sites for hydroxylation is 2. The maximum absolute atomic E-state index is 6.51. The average molecular weight is 758 g/mol. The van der Waals surface area contributed by atoms with Crippen LogP contribution in [0.4, 0.5) is 0 Å². The van der Waals surface area contributed by atoms with Crippen molar-refractivity contribution in [3.05, 3.63) is 166 Å². The van der Waals surface area contributed by atoms with Gasteiger partial charge in [0, 0.05) is 0 Å². The van der Waals surface area contributed by atoms with Crippen molar-refractivity contribution in [2.75, 3.05) is 0 Å². The minimum atomic E-state index is -3.12. The Morgan fingerprint density at radius 1 is 0.472 bits per heavy atom. The zero-order valence-corrected chi connectivity index (χ0v) is 35.1. The van der Waals surface area contributed by atoms with Gasteiger partial charge in [0.25, 0.3) is 0 Å². The Morgan fingerprint density at radius 3 is 1.17 bits per heavy atom. The van der Waals surface area contributed by atoms with Crippen LogP contribution in [-0.2, 0) is 10.8 Å². The first-order chi connectivity index (χ1) is 25.1. The SMILES string of the molecule is Cc1ccc(C2=Cc3c(-c4ccc(C(C)(C)C)cc4)cccc3[CH]2[Ge]([CH3])([CH3])[CH]2C(c3ccc(C)o3)=Cc3c(-c4ccc(C(C)(C)C)cc4)cccc32)o1. The third-order valence-electron chi connectivity index (χ3n) is 11.8. The van der Waals surface area contributed by atoms with Crippen LogP contribution in [0.5, 0.6) is 0 Å². The van der Waals surface area contributed by atoms with E-state index in [0.29, 0.717) is 0 Å². The Balaban J connectivity index is 1.30. The number of hydrogen-bond donors (Lipinski definition) is 0. The first-order valence-electron chi connectivity index (χ1n) is 19.2. The van der Waals surface area contributed by atoms with Gasteiger partial charge in [-0.1, -0.05) is 0 Å². The van der Waals surface area contributed by atoms with Gasteiger partial charge in [0.2, 0.25) is 0 Å². The predicted octanol–water partition coefficient (Wildman–Crippen LogP) is 14.2. The molecule has 0 saturated carbocycles. The fourth-order valence-corrected chi connectivity index (χ4v) is 18.4. The zero-order valence-electron chi connectivity index (χ0n) is 33.0. The molecule has 8 rings (SSSR count). The van der Waals surface area contributed by atoms with E-state index in [4.69, 9.17) is 8.83 Å². The summed E-state index contributed by atoms with van der Waals surface area (Å²) in [7, 11) is 0. The molecule has 0 spiro atoms. The Hall–Kier alpha value is -4.54. The van der Waals surface area contributed by atoms with E-state index in [-0.39, 0.29) is 20.3 Å². The van der Waals surface area contributed by atoms with Gasteiger partial charge in [-0.15, -0.1) is 0 Å².